The van der Waals surface area contributed by atoms with Crippen molar-refractivity contribution in [3.05, 3.63) is 52.7 Å². The third kappa shape index (κ3) is 3.73. The first kappa shape index (κ1) is 16.8. The molecule has 0 radical (unpaired) electrons. The molecule has 0 atom stereocenters. The number of carbonyl (C=O) groups is 1. The highest BCUT2D eigenvalue weighted by Gasteiger charge is 2.14. The Balaban J connectivity index is 1.63. The lowest BCUT2D eigenvalue weighted by molar-refractivity contribution is -0.130. The molecule has 0 unspecified atom stereocenters. The van der Waals surface area contributed by atoms with Crippen molar-refractivity contribution in [1.29, 1.82) is 0 Å². The molecule has 0 aliphatic rings. The van der Waals surface area contributed by atoms with Crippen LogP contribution in [0.2, 0.25) is 0 Å². The van der Waals surface area contributed by atoms with Crippen LogP contribution in [0.3, 0.4) is 0 Å². The molecule has 0 saturated heterocycles. The van der Waals surface area contributed by atoms with Crippen LogP contribution in [0.1, 0.15) is 25.1 Å². The highest BCUT2D eigenvalue weighted by atomic mass is 16.4. The van der Waals surface area contributed by atoms with E-state index < -0.39 is 0 Å². The maximum absolute atomic E-state index is 12.4. The van der Waals surface area contributed by atoms with Gasteiger partial charge in [0.25, 0.3) is 5.56 Å². The lowest BCUT2D eigenvalue weighted by Crippen LogP contribution is -2.29. The van der Waals surface area contributed by atoms with E-state index in [9.17, 15) is 9.59 Å². The first-order valence-corrected chi connectivity index (χ1v) is 8.08. The normalized spacial score (nSPS) is 11.0. The molecule has 3 rings (SSSR count). The number of aryl methyl sites for hydroxylation is 2. The monoisotopic (exact) mass is 341 g/mol. The molecule has 0 aliphatic heterocycles. The van der Waals surface area contributed by atoms with Crippen molar-refractivity contribution >= 4 is 16.8 Å². The molecule has 1 amide bonds. The molecule has 2 heterocycles. The van der Waals surface area contributed by atoms with Crippen LogP contribution < -0.4 is 5.56 Å². The van der Waals surface area contributed by atoms with Crippen LogP contribution >= 0.6 is 0 Å². The summed E-state index contributed by atoms with van der Waals surface area (Å²) in [6.45, 7) is 2.43. The average molecular weight is 341 g/mol. The van der Waals surface area contributed by atoms with E-state index in [4.69, 9.17) is 4.42 Å². The summed E-state index contributed by atoms with van der Waals surface area (Å²) < 4.78 is 6.86. The molecule has 3 aromatic rings. The molecule has 0 aliphatic carbocycles. The minimum Gasteiger partial charge on any atom is -0.423 e. The lowest BCUT2D eigenvalue weighted by atomic mass is 10.2. The smallest absolute Gasteiger partial charge is 0.261 e. The molecule has 0 saturated carbocycles. The van der Waals surface area contributed by atoms with Crippen molar-refractivity contribution in [2.24, 2.45) is 0 Å². The van der Waals surface area contributed by atoms with E-state index in [2.05, 4.69) is 15.2 Å². The average Bonchev–Trinajstić information content (AvgIpc) is 3.08. The molecular weight excluding hydrogens is 322 g/mol. The van der Waals surface area contributed by atoms with E-state index in [1.807, 2.05) is 13.0 Å². The second-order valence-electron chi connectivity index (χ2n) is 5.70. The Morgan fingerprint density at radius 3 is 2.76 bits per heavy atom. The van der Waals surface area contributed by atoms with Crippen molar-refractivity contribution in [3.63, 3.8) is 0 Å². The Bertz CT molecular complexity index is 947. The maximum atomic E-state index is 12.4. The quantitative estimate of drug-likeness (QED) is 0.672. The summed E-state index contributed by atoms with van der Waals surface area (Å²) >= 11 is 0. The number of carbonyl (C=O) groups excluding carboxylic acids is 1. The first-order valence-electron chi connectivity index (χ1n) is 8.08. The maximum Gasteiger partial charge on any atom is 0.261 e. The van der Waals surface area contributed by atoms with E-state index in [0.29, 0.717) is 29.1 Å². The fourth-order valence-electron chi connectivity index (χ4n) is 2.46. The fourth-order valence-corrected chi connectivity index (χ4v) is 2.46. The Morgan fingerprint density at radius 1 is 1.24 bits per heavy atom. The van der Waals surface area contributed by atoms with Crippen LogP contribution in [0, 0.1) is 0 Å². The zero-order chi connectivity index (χ0) is 17.8. The van der Waals surface area contributed by atoms with Crippen LogP contribution in [-0.2, 0) is 24.3 Å². The molecule has 130 valence electrons. The highest BCUT2D eigenvalue weighted by Crippen LogP contribution is 2.07. The number of benzene rings is 1. The van der Waals surface area contributed by atoms with Crippen LogP contribution in [0.5, 0.6) is 0 Å². The van der Waals surface area contributed by atoms with E-state index in [0.717, 1.165) is 0 Å². The summed E-state index contributed by atoms with van der Waals surface area (Å²) in [6, 6.07) is 7.15. The Kier molecular flexibility index (Phi) is 4.87. The van der Waals surface area contributed by atoms with Crippen molar-refractivity contribution in [2.45, 2.75) is 32.9 Å². The van der Waals surface area contributed by atoms with Crippen LogP contribution in [-0.4, -0.2) is 37.6 Å². The predicted octanol–water partition coefficient (Wildman–Crippen LogP) is 1.39. The van der Waals surface area contributed by atoms with Crippen LogP contribution in [0.15, 0.2) is 39.8 Å². The van der Waals surface area contributed by atoms with Gasteiger partial charge in [-0.1, -0.05) is 19.1 Å². The number of hydrogen-bond donors (Lipinski definition) is 0. The minimum atomic E-state index is -0.148. The topological polar surface area (TPSA) is 94.1 Å². The van der Waals surface area contributed by atoms with Crippen LogP contribution in [0.4, 0.5) is 0 Å². The van der Waals surface area contributed by atoms with E-state index in [1.54, 1.807) is 25.2 Å². The van der Waals surface area contributed by atoms with Crippen molar-refractivity contribution in [2.75, 3.05) is 7.05 Å². The van der Waals surface area contributed by atoms with Gasteiger partial charge in [-0.2, -0.15) is 0 Å². The zero-order valence-electron chi connectivity index (χ0n) is 14.2. The van der Waals surface area contributed by atoms with Crippen molar-refractivity contribution in [1.82, 2.24) is 24.6 Å². The number of nitrogens with zero attached hydrogens (tertiary/aromatic N) is 5. The van der Waals surface area contributed by atoms with Gasteiger partial charge in [-0.25, -0.2) is 4.98 Å². The van der Waals surface area contributed by atoms with Gasteiger partial charge >= 0.3 is 0 Å². The number of fused-ring (bicyclic) bond motifs is 1. The Labute approximate surface area is 144 Å². The van der Waals surface area contributed by atoms with Crippen LogP contribution in [0.25, 0.3) is 10.9 Å². The molecule has 0 N–H and O–H groups in total. The van der Waals surface area contributed by atoms with Crippen molar-refractivity contribution in [3.8, 4) is 0 Å². The molecule has 25 heavy (non-hydrogen) atoms. The standard InChI is InChI=1S/C17H19N5O3/c1-3-14-19-20-15(25-14)10-21(2)16(23)8-9-22-11-18-13-7-5-4-6-12(13)17(22)24/h4-7,11H,3,8-10H2,1-2H3. The molecule has 8 nitrogen and oxygen atoms in total. The predicted molar refractivity (Wildman–Crippen MR) is 90.8 cm³/mol. The molecule has 0 fully saturated rings. The van der Waals surface area contributed by atoms with E-state index >= 15 is 0 Å². The fraction of sp³-hybridized carbons (Fsp3) is 0.353. The first-order chi connectivity index (χ1) is 12.1. The van der Waals surface area contributed by atoms with E-state index in [1.165, 1.54) is 15.8 Å². The SMILES string of the molecule is CCc1nnc(CN(C)C(=O)CCn2cnc3ccccc3c2=O)o1. The number of para-hydroxylation sites is 1. The third-order valence-corrected chi connectivity index (χ3v) is 3.91. The summed E-state index contributed by atoms with van der Waals surface area (Å²) in [6.07, 6.45) is 2.32. The molecule has 2 aromatic heterocycles. The van der Waals surface area contributed by atoms with Gasteiger partial charge in [-0.05, 0) is 12.1 Å². The Morgan fingerprint density at radius 2 is 2.00 bits per heavy atom. The summed E-state index contributed by atoms with van der Waals surface area (Å²) in [5.74, 6) is 0.832. The van der Waals surface area contributed by atoms with Crippen molar-refractivity contribution < 1.29 is 9.21 Å². The van der Waals surface area contributed by atoms with Gasteiger partial charge in [0.1, 0.15) is 0 Å². The van der Waals surface area contributed by atoms with Gasteiger partial charge in [0.15, 0.2) is 0 Å². The van der Waals surface area contributed by atoms with Gasteiger partial charge in [0.2, 0.25) is 17.7 Å². The van der Waals surface area contributed by atoms with Gasteiger partial charge in [-0.3, -0.25) is 14.2 Å². The third-order valence-electron chi connectivity index (χ3n) is 3.91. The summed E-state index contributed by atoms with van der Waals surface area (Å²) in [4.78, 5) is 30.4. The van der Waals surface area contributed by atoms with Gasteiger partial charge < -0.3 is 9.32 Å². The Hall–Kier alpha value is -3.03. The van der Waals surface area contributed by atoms with Gasteiger partial charge in [0.05, 0.1) is 23.8 Å². The zero-order valence-corrected chi connectivity index (χ0v) is 14.2. The molecule has 0 spiro atoms. The highest BCUT2D eigenvalue weighted by molar-refractivity contribution is 5.77. The summed E-state index contributed by atoms with van der Waals surface area (Å²) in [7, 11) is 1.67. The lowest BCUT2D eigenvalue weighted by Gasteiger charge is -2.15. The minimum absolute atomic E-state index is 0.115. The van der Waals surface area contributed by atoms with E-state index in [-0.39, 0.29) is 31.0 Å². The molecule has 8 heteroatoms. The number of rotatable bonds is 6. The summed E-state index contributed by atoms with van der Waals surface area (Å²) in [5.41, 5.74) is 0.501. The molecule has 1 aromatic carbocycles. The number of amides is 1. The van der Waals surface area contributed by atoms with Gasteiger partial charge in [-0.15, -0.1) is 10.2 Å². The second kappa shape index (κ2) is 7.25. The number of aromatic nitrogens is 4. The molecular formula is C17H19N5O3. The van der Waals surface area contributed by atoms with Gasteiger partial charge in [0, 0.05) is 26.4 Å². The largest absolute Gasteiger partial charge is 0.423 e. The summed E-state index contributed by atoms with van der Waals surface area (Å²) in [5, 5.41) is 8.32. The second-order valence-corrected chi connectivity index (χ2v) is 5.70. The molecule has 0 bridgehead atoms. The number of hydrogen-bond acceptors (Lipinski definition) is 6.